The zero-order chi connectivity index (χ0) is 20.3. The number of rotatable bonds is 6. The van der Waals surface area contributed by atoms with Crippen molar-refractivity contribution in [2.45, 2.75) is 19.8 Å². The predicted molar refractivity (Wildman–Crippen MR) is 101 cm³/mol. The summed E-state index contributed by atoms with van der Waals surface area (Å²) in [6.45, 7) is 2.46. The first-order chi connectivity index (χ1) is 13.3. The monoisotopic (exact) mass is 385 g/mol. The summed E-state index contributed by atoms with van der Waals surface area (Å²) < 4.78 is 13.0. The van der Waals surface area contributed by atoms with Gasteiger partial charge in [0, 0.05) is 37.3 Å². The van der Waals surface area contributed by atoms with E-state index in [0.717, 1.165) is 5.56 Å². The maximum absolute atomic E-state index is 13.0. The Kier molecular flexibility index (Phi) is 5.67. The number of carbonyl (C=O) groups excluding carboxylic acids is 2. The van der Waals surface area contributed by atoms with Crippen molar-refractivity contribution in [3.05, 3.63) is 69.5 Å². The van der Waals surface area contributed by atoms with Gasteiger partial charge in [-0.1, -0.05) is 12.1 Å². The lowest BCUT2D eigenvalue weighted by Gasteiger charge is -2.17. The SMILES string of the molecule is Cc1cc([N+](=O)[O-])ccc1NC(=O)C1CC(=O)N(CCc2ccc(F)cc2)C1. The average molecular weight is 385 g/mol. The van der Waals surface area contributed by atoms with E-state index in [4.69, 9.17) is 0 Å². The van der Waals surface area contributed by atoms with Crippen LogP contribution in [0.1, 0.15) is 17.5 Å². The van der Waals surface area contributed by atoms with E-state index < -0.39 is 10.8 Å². The second-order valence-electron chi connectivity index (χ2n) is 6.86. The highest BCUT2D eigenvalue weighted by molar-refractivity contribution is 5.97. The molecule has 1 heterocycles. The second-order valence-corrected chi connectivity index (χ2v) is 6.86. The summed E-state index contributed by atoms with van der Waals surface area (Å²) >= 11 is 0. The molecule has 146 valence electrons. The van der Waals surface area contributed by atoms with Crippen LogP contribution in [0.25, 0.3) is 0 Å². The van der Waals surface area contributed by atoms with Gasteiger partial charge in [-0.3, -0.25) is 19.7 Å². The molecule has 0 radical (unpaired) electrons. The van der Waals surface area contributed by atoms with Gasteiger partial charge in [-0.05, 0) is 42.7 Å². The van der Waals surface area contributed by atoms with Crippen molar-refractivity contribution in [3.8, 4) is 0 Å². The molecule has 2 aromatic carbocycles. The highest BCUT2D eigenvalue weighted by atomic mass is 19.1. The molecular weight excluding hydrogens is 365 g/mol. The molecule has 28 heavy (non-hydrogen) atoms. The van der Waals surface area contributed by atoms with Crippen LogP contribution < -0.4 is 5.32 Å². The number of anilines is 1. The van der Waals surface area contributed by atoms with Gasteiger partial charge >= 0.3 is 0 Å². The lowest BCUT2D eigenvalue weighted by Crippen LogP contribution is -2.30. The second kappa shape index (κ2) is 8.16. The smallest absolute Gasteiger partial charge is 0.269 e. The Morgan fingerprint density at radius 3 is 2.64 bits per heavy atom. The van der Waals surface area contributed by atoms with Gasteiger partial charge in [0.2, 0.25) is 11.8 Å². The van der Waals surface area contributed by atoms with Gasteiger partial charge in [0.25, 0.3) is 5.69 Å². The van der Waals surface area contributed by atoms with Crippen molar-refractivity contribution >= 4 is 23.2 Å². The number of aryl methyl sites for hydroxylation is 1. The Balaban J connectivity index is 1.57. The molecule has 1 saturated heterocycles. The van der Waals surface area contributed by atoms with Crippen LogP contribution in [-0.2, 0) is 16.0 Å². The van der Waals surface area contributed by atoms with E-state index >= 15 is 0 Å². The van der Waals surface area contributed by atoms with Crippen molar-refractivity contribution in [1.29, 1.82) is 0 Å². The first-order valence-electron chi connectivity index (χ1n) is 8.91. The summed E-state index contributed by atoms with van der Waals surface area (Å²) in [5, 5.41) is 13.6. The molecule has 0 aliphatic carbocycles. The van der Waals surface area contributed by atoms with Gasteiger partial charge in [0.05, 0.1) is 10.8 Å². The number of hydrogen-bond donors (Lipinski definition) is 1. The van der Waals surface area contributed by atoms with Crippen molar-refractivity contribution in [2.24, 2.45) is 5.92 Å². The molecule has 2 amide bonds. The third-order valence-electron chi connectivity index (χ3n) is 4.85. The van der Waals surface area contributed by atoms with E-state index in [1.54, 1.807) is 24.0 Å². The number of halogens is 1. The maximum Gasteiger partial charge on any atom is 0.269 e. The first kappa shape index (κ1) is 19.5. The summed E-state index contributed by atoms with van der Waals surface area (Å²) in [5.74, 6) is -1.16. The number of amides is 2. The minimum absolute atomic E-state index is 0.0430. The zero-order valence-corrected chi connectivity index (χ0v) is 15.4. The minimum atomic E-state index is -0.493. The molecule has 1 fully saturated rings. The Labute approximate surface area is 161 Å². The standard InChI is InChI=1S/C20H20FN3O4/c1-13-10-17(24(27)28)6-7-18(13)22-20(26)15-11-19(25)23(12-15)9-8-14-2-4-16(21)5-3-14/h2-7,10,15H,8-9,11-12H2,1H3,(H,22,26). The highest BCUT2D eigenvalue weighted by Gasteiger charge is 2.34. The highest BCUT2D eigenvalue weighted by Crippen LogP contribution is 2.24. The fourth-order valence-electron chi connectivity index (χ4n) is 3.22. The molecule has 1 aliphatic rings. The summed E-state index contributed by atoms with van der Waals surface area (Å²) in [7, 11) is 0. The molecule has 1 aliphatic heterocycles. The van der Waals surface area contributed by atoms with Crippen molar-refractivity contribution < 1.29 is 18.9 Å². The fourth-order valence-corrected chi connectivity index (χ4v) is 3.22. The van der Waals surface area contributed by atoms with Crippen LogP contribution in [0.4, 0.5) is 15.8 Å². The number of nitrogens with zero attached hydrogens (tertiary/aromatic N) is 2. The molecule has 7 nitrogen and oxygen atoms in total. The lowest BCUT2D eigenvalue weighted by atomic mass is 10.1. The van der Waals surface area contributed by atoms with Crippen LogP contribution in [0.15, 0.2) is 42.5 Å². The first-order valence-corrected chi connectivity index (χ1v) is 8.91. The maximum atomic E-state index is 13.0. The number of nitrogens with one attached hydrogen (secondary N) is 1. The largest absolute Gasteiger partial charge is 0.342 e. The van der Waals surface area contributed by atoms with Crippen LogP contribution in [0, 0.1) is 28.8 Å². The van der Waals surface area contributed by atoms with Gasteiger partial charge in [-0.25, -0.2) is 4.39 Å². The topological polar surface area (TPSA) is 92.5 Å². The van der Waals surface area contributed by atoms with E-state index in [2.05, 4.69) is 5.32 Å². The molecule has 3 rings (SSSR count). The number of carbonyl (C=O) groups is 2. The number of nitro groups is 1. The Morgan fingerprint density at radius 2 is 2.00 bits per heavy atom. The number of nitro benzene ring substituents is 1. The molecule has 1 unspecified atom stereocenters. The summed E-state index contributed by atoms with van der Waals surface area (Å²) in [6.07, 6.45) is 0.711. The van der Waals surface area contributed by atoms with Gasteiger partial charge in [-0.15, -0.1) is 0 Å². The Morgan fingerprint density at radius 1 is 1.29 bits per heavy atom. The van der Waals surface area contributed by atoms with Crippen molar-refractivity contribution in [1.82, 2.24) is 4.90 Å². The van der Waals surface area contributed by atoms with Crippen LogP contribution in [0.5, 0.6) is 0 Å². The quantitative estimate of drug-likeness (QED) is 0.611. The molecule has 8 heteroatoms. The molecule has 0 bridgehead atoms. The molecule has 0 aromatic heterocycles. The average Bonchev–Trinajstić information content (AvgIpc) is 3.03. The Bertz CT molecular complexity index is 914. The minimum Gasteiger partial charge on any atom is -0.342 e. The summed E-state index contributed by atoms with van der Waals surface area (Å²) in [6, 6.07) is 10.3. The molecule has 1 N–H and O–H groups in total. The zero-order valence-electron chi connectivity index (χ0n) is 15.4. The molecule has 0 saturated carbocycles. The third kappa shape index (κ3) is 4.51. The molecule has 0 spiro atoms. The van der Waals surface area contributed by atoms with Crippen LogP contribution in [-0.4, -0.2) is 34.7 Å². The van der Waals surface area contributed by atoms with E-state index in [1.807, 2.05) is 0 Å². The van der Waals surface area contributed by atoms with Gasteiger partial charge in [0.1, 0.15) is 5.82 Å². The normalized spacial score (nSPS) is 16.3. The number of benzene rings is 2. The van der Waals surface area contributed by atoms with Crippen molar-refractivity contribution in [2.75, 3.05) is 18.4 Å². The lowest BCUT2D eigenvalue weighted by molar-refractivity contribution is -0.384. The summed E-state index contributed by atoms with van der Waals surface area (Å²) in [5.41, 5.74) is 1.95. The molecule has 2 aromatic rings. The van der Waals surface area contributed by atoms with Gasteiger partial charge in [0.15, 0.2) is 0 Å². The third-order valence-corrected chi connectivity index (χ3v) is 4.85. The van der Waals surface area contributed by atoms with E-state index in [0.29, 0.717) is 30.8 Å². The predicted octanol–water partition coefficient (Wildman–Crippen LogP) is 3.07. The van der Waals surface area contributed by atoms with Crippen molar-refractivity contribution in [3.63, 3.8) is 0 Å². The van der Waals surface area contributed by atoms with E-state index in [9.17, 15) is 24.1 Å². The van der Waals surface area contributed by atoms with Crippen LogP contribution in [0.3, 0.4) is 0 Å². The summed E-state index contributed by atoms with van der Waals surface area (Å²) in [4.78, 5) is 36.7. The van der Waals surface area contributed by atoms with E-state index in [1.165, 1.54) is 30.3 Å². The Hall–Kier alpha value is -3.29. The molecule has 1 atom stereocenters. The van der Waals surface area contributed by atoms with Crippen LogP contribution >= 0.6 is 0 Å². The van der Waals surface area contributed by atoms with E-state index in [-0.39, 0.29) is 29.7 Å². The van der Waals surface area contributed by atoms with Crippen LogP contribution in [0.2, 0.25) is 0 Å². The molecular formula is C20H20FN3O4. The fraction of sp³-hybridized carbons (Fsp3) is 0.300. The number of likely N-dealkylation sites (tertiary alicyclic amines) is 1. The van der Waals surface area contributed by atoms with Gasteiger partial charge < -0.3 is 10.2 Å². The number of hydrogen-bond acceptors (Lipinski definition) is 4. The van der Waals surface area contributed by atoms with Gasteiger partial charge in [-0.2, -0.15) is 0 Å². The number of non-ortho nitro benzene ring substituents is 1.